The number of hydrogen-bond donors (Lipinski definition) is 3. The Hall–Kier alpha value is -3.31. The number of nitrogens with one attached hydrogen (secondary N) is 2. The lowest BCUT2D eigenvalue weighted by Crippen LogP contribution is -2.55. The number of H-pyrrole nitrogens is 1. The highest BCUT2D eigenvalue weighted by atomic mass is 19.1. The Kier molecular flexibility index (Phi) is 9.34. The van der Waals surface area contributed by atoms with E-state index in [9.17, 15) is 14.0 Å². The molecule has 2 aliphatic heterocycles. The van der Waals surface area contributed by atoms with Crippen molar-refractivity contribution in [3.63, 3.8) is 0 Å². The molecule has 1 unspecified atom stereocenters. The van der Waals surface area contributed by atoms with Gasteiger partial charge >= 0.3 is 0 Å². The molecule has 0 saturated carbocycles. The highest BCUT2D eigenvalue weighted by Crippen LogP contribution is 2.29. The predicted molar refractivity (Wildman–Crippen MR) is 154 cm³/mol. The van der Waals surface area contributed by atoms with Crippen molar-refractivity contribution in [3.05, 3.63) is 71.7 Å². The molecule has 220 valence electrons. The van der Waals surface area contributed by atoms with Gasteiger partial charge in [0.2, 0.25) is 11.8 Å². The lowest BCUT2D eigenvalue weighted by Gasteiger charge is -2.35. The summed E-state index contributed by atoms with van der Waals surface area (Å²) in [6.45, 7) is 4.88. The summed E-state index contributed by atoms with van der Waals surface area (Å²) in [5.41, 5.74) is 8.67. The first kappa shape index (κ1) is 29.2. The summed E-state index contributed by atoms with van der Waals surface area (Å²) in [7, 11) is 1.70. The van der Waals surface area contributed by atoms with Crippen molar-refractivity contribution in [2.75, 3.05) is 39.9 Å². The smallest absolute Gasteiger partial charge is 0.245 e. The van der Waals surface area contributed by atoms with Crippen LogP contribution in [0.15, 0.2) is 54.7 Å². The van der Waals surface area contributed by atoms with Crippen LogP contribution in [0.2, 0.25) is 0 Å². The van der Waals surface area contributed by atoms with Gasteiger partial charge in [-0.05, 0) is 48.7 Å². The molecule has 3 atom stereocenters. The van der Waals surface area contributed by atoms with Crippen molar-refractivity contribution >= 4 is 22.7 Å². The molecule has 1 aromatic heterocycles. The van der Waals surface area contributed by atoms with E-state index in [-0.39, 0.29) is 42.1 Å². The van der Waals surface area contributed by atoms with Crippen molar-refractivity contribution < 1.29 is 23.5 Å². The maximum absolute atomic E-state index is 13.9. The SMILES string of the molecule is C[C@H](c1c[nH]c2ccccc12)[C@@H](NC(=O)C1CCCN(Cc2cccc(F)c2)C1)C(=O)N(C)CC1OCC(N)CO1. The van der Waals surface area contributed by atoms with Crippen LogP contribution >= 0.6 is 0 Å². The van der Waals surface area contributed by atoms with Crippen LogP contribution in [0.5, 0.6) is 0 Å². The number of aromatic amines is 1. The van der Waals surface area contributed by atoms with Crippen molar-refractivity contribution in [1.82, 2.24) is 20.1 Å². The highest BCUT2D eigenvalue weighted by Gasteiger charge is 2.36. The van der Waals surface area contributed by atoms with Crippen LogP contribution in [0.3, 0.4) is 0 Å². The lowest BCUT2D eigenvalue weighted by molar-refractivity contribution is -0.193. The third kappa shape index (κ3) is 7.13. The standard InChI is InChI=1S/C31H40FN5O4/c1-20(26-14-34-27-11-4-3-10-25(26)27)29(31(39)36(2)17-28-40-18-24(33)19-41-28)35-30(38)22-8-6-12-37(16-22)15-21-7-5-9-23(32)13-21/h3-5,7,9-11,13-14,20,22,24,28-29,34H,6,8,12,15-19,33H2,1-2H3,(H,35,38)/t20-,22?,24?,28?,29-/m1/s1. The van der Waals surface area contributed by atoms with E-state index in [2.05, 4.69) is 15.2 Å². The minimum Gasteiger partial charge on any atom is -0.361 e. The number of para-hydroxylation sites is 1. The van der Waals surface area contributed by atoms with Gasteiger partial charge in [0, 0.05) is 43.2 Å². The average molecular weight is 566 g/mol. The molecule has 4 N–H and O–H groups in total. The van der Waals surface area contributed by atoms with E-state index in [4.69, 9.17) is 15.2 Å². The highest BCUT2D eigenvalue weighted by molar-refractivity contribution is 5.91. The van der Waals surface area contributed by atoms with Gasteiger partial charge in [0.15, 0.2) is 6.29 Å². The largest absolute Gasteiger partial charge is 0.361 e. The van der Waals surface area contributed by atoms with E-state index in [0.29, 0.717) is 26.3 Å². The molecule has 0 spiro atoms. The van der Waals surface area contributed by atoms with Crippen LogP contribution in [0.25, 0.3) is 10.9 Å². The second-order valence-corrected chi connectivity index (χ2v) is 11.3. The third-order valence-electron chi connectivity index (χ3n) is 8.14. The number of nitrogens with zero attached hydrogens (tertiary/aromatic N) is 2. The van der Waals surface area contributed by atoms with E-state index in [1.165, 1.54) is 12.1 Å². The summed E-state index contributed by atoms with van der Waals surface area (Å²) in [6, 6.07) is 13.5. The molecule has 2 amide bonds. The van der Waals surface area contributed by atoms with Crippen LogP contribution < -0.4 is 11.1 Å². The number of benzene rings is 2. The molecule has 0 aliphatic carbocycles. The number of ether oxygens (including phenoxy) is 2. The summed E-state index contributed by atoms with van der Waals surface area (Å²) in [6.07, 6.45) is 2.92. The van der Waals surface area contributed by atoms with Gasteiger partial charge in [-0.2, -0.15) is 0 Å². The zero-order valence-corrected chi connectivity index (χ0v) is 23.7. The summed E-state index contributed by atoms with van der Waals surface area (Å²) >= 11 is 0. The minimum absolute atomic E-state index is 0.150. The monoisotopic (exact) mass is 565 g/mol. The Morgan fingerprint density at radius 1 is 1.20 bits per heavy atom. The molecule has 3 aromatic rings. The van der Waals surface area contributed by atoms with Gasteiger partial charge in [-0.3, -0.25) is 14.5 Å². The van der Waals surface area contributed by atoms with Crippen molar-refractivity contribution in [2.24, 2.45) is 11.7 Å². The predicted octanol–water partition coefficient (Wildman–Crippen LogP) is 2.97. The summed E-state index contributed by atoms with van der Waals surface area (Å²) in [5, 5.41) is 4.14. The number of amides is 2. The molecule has 2 aromatic carbocycles. The minimum atomic E-state index is -0.795. The Morgan fingerprint density at radius 2 is 1.98 bits per heavy atom. The fourth-order valence-corrected chi connectivity index (χ4v) is 5.84. The summed E-state index contributed by atoms with van der Waals surface area (Å²) in [5.74, 6) is -1.22. The van der Waals surface area contributed by atoms with E-state index in [1.807, 2.05) is 43.5 Å². The Bertz CT molecular complexity index is 1340. The molecular formula is C31H40FN5O4. The first-order chi connectivity index (χ1) is 19.8. The average Bonchev–Trinajstić information content (AvgIpc) is 3.41. The number of carbonyl (C=O) groups is 2. The number of fused-ring (bicyclic) bond motifs is 1. The van der Waals surface area contributed by atoms with Crippen molar-refractivity contribution in [3.8, 4) is 0 Å². The third-order valence-corrected chi connectivity index (χ3v) is 8.14. The fourth-order valence-electron chi connectivity index (χ4n) is 5.84. The number of aromatic nitrogens is 1. The van der Waals surface area contributed by atoms with Gasteiger partial charge in [-0.25, -0.2) is 4.39 Å². The van der Waals surface area contributed by atoms with E-state index < -0.39 is 12.3 Å². The fraction of sp³-hybridized carbons (Fsp3) is 0.484. The van der Waals surface area contributed by atoms with E-state index >= 15 is 0 Å². The zero-order valence-electron chi connectivity index (χ0n) is 23.7. The van der Waals surface area contributed by atoms with Gasteiger partial charge < -0.3 is 30.4 Å². The topological polar surface area (TPSA) is 113 Å². The second kappa shape index (κ2) is 13.1. The molecule has 0 radical (unpaired) electrons. The number of likely N-dealkylation sites (N-methyl/N-ethyl adjacent to an activating group) is 1. The molecule has 41 heavy (non-hydrogen) atoms. The normalized spacial score (nSPS) is 23.2. The lowest BCUT2D eigenvalue weighted by atomic mass is 9.90. The van der Waals surface area contributed by atoms with Crippen LogP contribution in [0.4, 0.5) is 4.39 Å². The maximum Gasteiger partial charge on any atom is 0.245 e. The molecule has 5 rings (SSSR count). The Labute approximate surface area is 240 Å². The molecule has 9 nitrogen and oxygen atoms in total. The number of rotatable bonds is 9. The van der Waals surface area contributed by atoms with Gasteiger partial charge in [-0.1, -0.05) is 37.3 Å². The van der Waals surface area contributed by atoms with Crippen LogP contribution in [0.1, 0.15) is 36.8 Å². The zero-order chi connectivity index (χ0) is 28.9. The maximum atomic E-state index is 13.9. The molecular weight excluding hydrogens is 525 g/mol. The van der Waals surface area contributed by atoms with Gasteiger partial charge in [0.25, 0.3) is 0 Å². The number of carbonyl (C=O) groups excluding carboxylic acids is 2. The van der Waals surface area contributed by atoms with Crippen molar-refractivity contribution in [1.29, 1.82) is 0 Å². The molecule has 0 bridgehead atoms. The molecule has 3 heterocycles. The number of hydrogen-bond acceptors (Lipinski definition) is 6. The first-order valence-electron chi connectivity index (χ1n) is 14.4. The molecule has 2 saturated heterocycles. The van der Waals surface area contributed by atoms with Gasteiger partial charge in [-0.15, -0.1) is 0 Å². The Morgan fingerprint density at radius 3 is 2.76 bits per heavy atom. The van der Waals surface area contributed by atoms with Crippen LogP contribution in [-0.4, -0.2) is 84.9 Å². The van der Waals surface area contributed by atoms with E-state index in [1.54, 1.807) is 18.0 Å². The Balaban J connectivity index is 1.31. The summed E-state index contributed by atoms with van der Waals surface area (Å²) < 4.78 is 25.0. The second-order valence-electron chi connectivity index (χ2n) is 11.3. The number of piperidine rings is 1. The van der Waals surface area contributed by atoms with E-state index in [0.717, 1.165) is 41.4 Å². The van der Waals surface area contributed by atoms with Gasteiger partial charge in [0.1, 0.15) is 11.9 Å². The van der Waals surface area contributed by atoms with Gasteiger partial charge in [0.05, 0.1) is 31.7 Å². The number of likely N-dealkylation sites (tertiary alicyclic amines) is 1. The number of halogens is 1. The molecule has 10 heteroatoms. The van der Waals surface area contributed by atoms with Crippen LogP contribution in [-0.2, 0) is 25.6 Å². The molecule has 2 aliphatic rings. The quantitative estimate of drug-likeness (QED) is 0.368. The molecule has 2 fully saturated rings. The summed E-state index contributed by atoms with van der Waals surface area (Å²) in [4.78, 5) is 34.7. The number of nitrogens with two attached hydrogens (primary N) is 1. The van der Waals surface area contributed by atoms with Crippen molar-refractivity contribution in [2.45, 2.75) is 50.6 Å². The first-order valence-corrected chi connectivity index (χ1v) is 14.4. The van der Waals surface area contributed by atoms with Crippen LogP contribution in [0, 0.1) is 11.7 Å².